The van der Waals surface area contributed by atoms with Gasteiger partial charge in [-0.05, 0) is 69.4 Å². The molecular formula is C12H4Br2Cl4I2. The molecular weight excluding hydrogens is 700 g/mol. The molecule has 8 heteroatoms. The minimum atomic E-state index is 0.681. The van der Waals surface area contributed by atoms with Gasteiger partial charge >= 0.3 is 0 Å². The zero-order valence-electron chi connectivity index (χ0n) is 9.33. The molecule has 2 rings (SSSR count). The highest BCUT2D eigenvalue weighted by atomic mass is 127. The van der Waals surface area contributed by atoms with Crippen LogP contribution >= 0.6 is 123 Å². The Hall–Kier alpha value is 2.02. The van der Waals surface area contributed by atoms with Gasteiger partial charge in [0, 0.05) is 8.95 Å². The van der Waals surface area contributed by atoms with Crippen molar-refractivity contribution in [2.45, 2.75) is 0 Å². The highest BCUT2D eigenvalue weighted by molar-refractivity contribution is 14.1. The predicted octanol–water partition coefficient (Wildman–Crippen LogP) is 8.72. The van der Waals surface area contributed by atoms with E-state index >= 15 is 0 Å². The predicted molar refractivity (Wildman–Crippen MR) is 114 cm³/mol. The van der Waals surface area contributed by atoms with Crippen LogP contribution in [0.3, 0.4) is 0 Å². The van der Waals surface area contributed by atoms with E-state index in [1.54, 1.807) is 0 Å². The Kier molecular flexibility index (Phi) is 9.38. The van der Waals surface area contributed by atoms with E-state index in [1.165, 1.54) is 0 Å². The maximum atomic E-state index is 5.80. The quantitative estimate of drug-likeness (QED) is 0.146. The number of hydrogen-bond donors (Lipinski definition) is 0. The summed E-state index contributed by atoms with van der Waals surface area (Å²) in [4.78, 5) is 0. The molecule has 0 amide bonds. The summed E-state index contributed by atoms with van der Waals surface area (Å²) in [6, 6.07) is 7.26. The Balaban J connectivity index is 0.000000200. The smallest absolute Gasteiger partial charge is 0.0565 e. The van der Waals surface area contributed by atoms with Gasteiger partial charge in [0.1, 0.15) is 0 Å². The molecule has 0 aliphatic heterocycles. The van der Waals surface area contributed by atoms with Crippen LogP contribution in [0.15, 0.2) is 33.2 Å². The fraction of sp³-hybridized carbons (Fsp3) is 0. The first-order valence-corrected chi connectivity index (χ1v) is 10.1. The standard InChI is InChI=1S/2C6H2BrCl2I/c2*7-3-1-4(8)6(10)5(9)2-3/h2*1-2H. The zero-order chi connectivity index (χ0) is 15.4. The van der Waals surface area contributed by atoms with Crippen LogP contribution in [-0.4, -0.2) is 0 Å². The van der Waals surface area contributed by atoms with Gasteiger partial charge in [-0.15, -0.1) is 0 Å². The first-order valence-electron chi connectivity index (χ1n) is 4.82. The lowest BCUT2D eigenvalue weighted by atomic mass is 10.4. The van der Waals surface area contributed by atoms with Gasteiger partial charge in [-0.3, -0.25) is 0 Å². The summed E-state index contributed by atoms with van der Waals surface area (Å²) in [5.41, 5.74) is 0. The Morgan fingerprint density at radius 2 is 0.800 bits per heavy atom. The average Bonchev–Trinajstić information content (AvgIpc) is 2.33. The van der Waals surface area contributed by atoms with Crippen molar-refractivity contribution in [1.82, 2.24) is 0 Å². The van der Waals surface area contributed by atoms with Gasteiger partial charge < -0.3 is 0 Å². The van der Waals surface area contributed by atoms with Crippen LogP contribution in [0.4, 0.5) is 0 Å². The molecule has 0 heterocycles. The van der Waals surface area contributed by atoms with Gasteiger partial charge in [-0.2, -0.15) is 0 Å². The number of hydrogen-bond acceptors (Lipinski definition) is 0. The van der Waals surface area contributed by atoms with E-state index in [0.717, 1.165) is 16.1 Å². The Bertz CT molecular complexity index is 533. The van der Waals surface area contributed by atoms with E-state index in [0.29, 0.717) is 20.1 Å². The first-order chi connectivity index (χ1) is 9.22. The third kappa shape index (κ3) is 6.26. The monoisotopic (exact) mass is 700 g/mol. The second-order valence-corrected chi connectivity index (χ2v) is 8.98. The zero-order valence-corrected chi connectivity index (χ0v) is 19.8. The normalized spacial score (nSPS) is 10.0. The lowest BCUT2D eigenvalue weighted by Gasteiger charge is -1.98. The highest BCUT2D eigenvalue weighted by Crippen LogP contribution is 2.30. The van der Waals surface area contributed by atoms with E-state index in [2.05, 4.69) is 77.0 Å². The molecule has 0 saturated carbocycles. The van der Waals surface area contributed by atoms with Gasteiger partial charge in [0.05, 0.1) is 27.2 Å². The maximum Gasteiger partial charge on any atom is 0.0565 e. The van der Waals surface area contributed by atoms with Crippen LogP contribution in [0.2, 0.25) is 20.1 Å². The molecule has 0 spiro atoms. The second kappa shape index (κ2) is 9.35. The highest BCUT2D eigenvalue weighted by Gasteiger charge is 2.03. The lowest BCUT2D eigenvalue weighted by Crippen LogP contribution is -1.76. The molecule has 2 aromatic carbocycles. The molecule has 0 radical (unpaired) electrons. The average molecular weight is 704 g/mol. The third-order valence-electron chi connectivity index (χ3n) is 1.90. The number of halogens is 8. The van der Waals surface area contributed by atoms with Crippen LogP contribution in [0.5, 0.6) is 0 Å². The molecule has 0 aromatic heterocycles. The maximum absolute atomic E-state index is 5.80. The summed E-state index contributed by atoms with van der Waals surface area (Å²) in [5, 5.41) is 2.72. The van der Waals surface area contributed by atoms with Crippen LogP contribution in [0.25, 0.3) is 0 Å². The summed E-state index contributed by atoms with van der Waals surface area (Å²) >= 11 is 33.9. The summed E-state index contributed by atoms with van der Waals surface area (Å²) in [7, 11) is 0. The number of benzene rings is 2. The van der Waals surface area contributed by atoms with E-state index < -0.39 is 0 Å². The van der Waals surface area contributed by atoms with Crippen molar-refractivity contribution in [1.29, 1.82) is 0 Å². The van der Waals surface area contributed by atoms with Crippen LogP contribution in [-0.2, 0) is 0 Å². The molecule has 0 aliphatic rings. The van der Waals surface area contributed by atoms with E-state index in [-0.39, 0.29) is 0 Å². The van der Waals surface area contributed by atoms with Gasteiger partial charge in [-0.25, -0.2) is 0 Å². The molecule has 0 fully saturated rings. The summed E-state index contributed by atoms with van der Waals surface area (Å²) in [5.74, 6) is 0. The van der Waals surface area contributed by atoms with Gasteiger partial charge in [0.15, 0.2) is 0 Å². The molecule has 0 unspecified atom stereocenters. The fourth-order valence-corrected chi connectivity index (χ4v) is 4.09. The van der Waals surface area contributed by atoms with E-state index in [4.69, 9.17) is 46.4 Å². The Labute approximate surface area is 181 Å². The molecule has 2 aromatic rings. The molecule has 0 atom stereocenters. The molecule has 108 valence electrons. The van der Waals surface area contributed by atoms with Crippen molar-refractivity contribution in [2.75, 3.05) is 0 Å². The Morgan fingerprint density at radius 1 is 0.600 bits per heavy atom. The van der Waals surface area contributed by atoms with Gasteiger partial charge in [-0.1, -0.05) is 78.3 Å². The van der Waals surface area contributed by atoms with Crippen molar-refractivity contribution >= 4 is 123 Å². The van der Waals surface area contributed by atoms with Crippen LogP contribution in [0, 0.1) is 7.14 Å². The van der Waals surface area contributed by atoms with Crippen LogP contribution in [0.1, 0.15) is 0 Å². The van der Waals surface area contributed by atoms with Crippen molar-refractivity contribution in [2.24, 2.45) is 0 Å². The van der Waals surface area contributed by atoms with E-state index in [1.807, 2.05) is 24.3 Å². The Morgan fingerprint density at radius 3 is 1.00 bits per heavy atom. The van der Waals surface area contributed by atoms with E-state index in [9.17, 15) is 0 Å². The van der Waals surface area contributed by atoms with Crippen LogP contribution < -0.4 is 0 Å². The number of rotatable bonds is 0. The largest absolute Gasteiger partial charge is 0.0831 e. The lowest BCUT2D eigenvalue weighted by molar-refractivity contribution is 1.60. The van der Waals surface area contributed by atoms with Gasteiger partial charge in [0.2, 0.25) is 0 Å². The van der Waals surface area contributed by atoms with Crippen molar-refractivity contribution in [3.05, 3.63) is 60.4 Å². The van der Waals surface area contributed by atoms with Crippen molar-refractivity contribution < 1.29 is 0 Å². The molecule has 0 N–H and O–H groups in total. The minimum absolute atomic E-state index is 0.681. The van der Waals surface area contributed by atoms with Gasteiger partial charge in [0.25, 0.3) is 0 Å². The minimum Gasteiger partial charge on any atom is -0.0831 e. The third-order valence-corrected chi connectivity index (χ3v) is 7.60. The van der Waals surface area contributed by atoms with Crippen molar-refractivity contribution in [3.63, 3.8) is 0 Å². The van der Waals surface area contributed by atoms with Crippen molar-refractivity contribution in [3.8, 4) is 0 Å². The SMILES string of the molecule is Clc1cc(Br)cc(Cl)c1I.Clc1cc(Br)cc(Cl)c1I. The molecule has 0 bridgehead atoms. The summed E-state index contributed by atoms with van der Waals surface area (Å²) in [6.45, 7) is 0. The molecule has 0 aliphatic carbocycles. The first kappa shape index (κ1) is 20.1. The fourth-order valence-electron chi connectivity index (χ4n) is 1.05. The molecule has 0 saturated heterocycles. The second-order valence-electron chi connectivity index (χ2n) is 3.37. The summed E-state index contributed by atoms with van der Waals surface area (Å²) < 4.78 is 3.60. The summed E-state index contributed by atoms with van der Waals surface area (Å²) in [6.07, 6.45) is 0. The molecule has 0 nitrogen and oxygen atoms in total. The molecule has 20 heavy (non-hydrogen) atoms. The topological polar surface area (TPSA) is 0 Å².